The van der Waals surface area contributed by atoms with Gasteiger partial charge in [-0.15, -0.1) is 0 Å². The lowest BCUT2D eigenvalue weighted by Crippen LogP contribution is -2.55. The molecule has 2 saturated carbocycles. The summed E-state index contributed by atoms with van der Waals surface area (Å²) in [6.07, 6.45) is 8.27. The zero-order chi connectivity index (χ0) is 12.3. The van der Waals surface area contributed by atoms with Gasteiger partial charge in [-0.3, -0.25) is 0 Å². The molecule has 0 spiro atoms. The Morgan fingerprint density at radius 2 is 1.65 bits per heavy atom. The van der Waals surface area contributed by atoms with E-state index in [2.05, 4.69) is 27.7 Å². The summed E-state index contributed by atoms with van der Waals surface area (Å²) in [5.74, 6) is 1.73. The van der Waals surface area contributed by atoms with Crippen molar-refractivity contribution in [1.29, 1.82) is 0 Å². The van der Waals surface area contributed by atoms with Crippen molar-refractivity contribution in [1.82, 2.24) is 0 Å². The van der Waals surface area contributed by atoms with Gasteiger partial charge in [0.2, 0.25) is 0 Å². The summed E-state index contributed by atoms with van der Waals surface area (Å²) >= 11 is 0. The normalized spacial score (nSPS) is 52.9. The van der Waals surface area contributed by atoms with Crippen LogP contribution in [0.1, 0.15) is 66.2 Å². The second-order valence-electron chi connectivity index (χ2n) is 7.94. The fraction of sp³-hybridized carbons (Fsp3) is 1.00. The molecule has 3 aliphatic rings. The highest BCUT2D eigenvalue weighted by Crippen LogP contribution is 2.64. The van der Waals surface area contributed by atoms with Crippen LogP contribution in [0.25, 0.3) is 0 Å². The van der Waals surface area contributed by atoms with Crippen LogP contribution in [0, 0.1) is 22.7 Å². The fourth-order valence-electron chi connectivity index (χ4n) is 5.82. The quantitative estimate of drug-likeness (QED) is 0.605. The van der Waals surface area contributed by atoms with Gasteiger partial charge in [-0.05, 0) is 61.7 Å². The Balaban J connectivity index is 1.98. The first-order chi connectivity index (χ1) is 7.89. The van der Waals surface area contributed by atoms with E-state index in [0.717, 1.165) is 18.4 Å². The van der Waals surface area contributed by atoms with E-state index in [-0.39, 0.29) is 5.60 Å². The van der Waals surface area contributed by atoms with Crippen LogP contribution in [-0.4, -0.2) is 12.2 Å². The first-order valence-electron chi connectivity index (χ1n) is 7.52. The van der Waals surface area contributed by atoms with Crippen LogP contribution < -0.4 is 0 Å². The van der Waals surface area contributed by atoms with E-state index in [1.54, 1.807) is 0 Å². The van der Waals surface area contributed by atoms with E-state index in [1.165, 1.54) is 38.5 Å². The molecule has 0 aromatic rings. The summed E-state index contributed by atoms with van der Waals surface area (Å²) in [5.41, 5.74) is 1.31. The molecular formula is C16H28O. The Morgan fingerprint density at radius 1 is 0.882 bits per heavy atom. The molecule has 0 amide bonds. The summed E-state index contributed by atoms with van der Waals surface area (Å²) in [5, 5.41) is 0. The molecule has 0 bridgehead atoms. The molecule has 0 unspecified atom stereocenters. The van der Waals surface area contributed by atoms with Gasteiger partial charge in [0.05, 0.1) is 5.60 Å². The lowest BCUT2D eigenvalue weighted by Gasteiger charge is -2.60. The van der Waals surface area contributed by atoms with Crippen LogP contribution >= 0.6 is 0 Å². The summed E-state index contributed by atoms with van der Waals surface area (Å²) in [4.78, 5) is 0. The number of ether oxygens (including phenoxy) is 1. The van der Waals surface area contributed by atoms with Crippen LogP contribution in [0.15, 0.2) is 0 Å². The highest BCUT2D eigenvalue weighted by atomic mass is 16.5. The van der Waals surface area contributed by atoms with Gasteiger partial charge >= 0.3 is 0 Å². The highest BCUT2D eigenvalue weighted by Gasteiger charge is 2.60. The lowest BCUT2D eigenvalue weighted by molar-refractivity contribution is -0.147. The van der Waals surface area contributed by atoms with Gasteiger partial charge in [0.15, 0.2) is 0 Å². The van der Waals surface area contributed by atoms with Gasteiger partial charge < -0.3 is 4.74 Å². The van der Waals surface area contributed by atoms with Gasteiger partial charge in [0.25, 0.3) is 0 Å². The maximum Gasteiger partial charge on any atom is 0.0688 e. The predicted octanol–water partition coefficient (Wildman–Crippen LogP) is 4.41. The zero-order valence-corrected chi connectivity index (χ0v) is 12.0. The second-order valence-corrected chi connectivity index (χ2v) is 7.94. The van der Waals surface area contributed by atoms with E-state index in [9.17, 15) is 0 Å². The minimum absolute atomic E-state index is 0.207. The largest absolute Gasteiger partial charge is 0.375 e. The smallest absolute Gasteiger partial charge is 0.0688 e. The summed E-state index contributed by atoms with van der Waals surface area (Å²) in [6, 6.07) is 0. The minimum Gasteiger partial charge on any atom is -0.375 e. The van der Waals surface area contributed by atoms with E-state index in [1.807, 2.05) is 0 Å². The molecule has 4 atom stereocenters. The number of fused-ring (bicyclic) bond motifs is 3. The summed E-state index contributed by atoms with van der Waals surface area (Å²) in [6.45, 7) is 11.0. The zero-order valence-electron chi connectivity index (χ0n) is 12.0. The van der Waals surface area contributed by atoms with Crippen molar-refractivity contribution >= 4 is 0 Å². The molecular weight excluding hydrogens is 208 g/mol. The molecule has 3 fully saturated rings. The molecule has 0 aromatic heterocycles. The molecule has 0 aromatic carbocycles. The molecule has 1 heterocycles. The van der Waals surface area contributed by atoms with Gasteiger partial charge in [0, 0.05) is 6.61 Å². The minimum atomic E-state index is 0.207. The Morgan fingerprint density at radius 3 is 2.41 bits per heavy atom. The SMILES string of the molecule is CC1(C)CCC[C@@]2(C)[C@@H]1CC[C@@]1(C)OCC[C@@H]21. The van der Waals surface area contributed by atoms with Crippen LogP contribution in [0.5, 0.6) is 0 Å². The highest BCUT2D eigenvalue weighted by molar-refractivity contribution is 5.09. The van der Waals surface area contributed by atoms with Crippen molar-refractivity contribution in [2.75, 3.05) is 6.61 Å². The maximum absolute atomic E-state index is 6.13. The monoisotopic (exact) mass is 236 g/mol. The fourth-order valence-corrected chi connectivity index (χ4v) is 5.82. The summed E-state index contributed by atoms with van der Waals surface area (Å²) in [7, 11) is 0. The van der Waals surface area contributed by atoms with E-state index < -0.39 is 0 Å². The Labute approximate surface area is 106 Å². The van der Waals surface area contributed by atoms with Crippen molar-refractivity contribution < 1.29 is 4.74 Å². The van der Waals surface area contributed by atoms with Gasteiger partial charge in [-0.25, -0.2) is 0 Å². The Bertz CT molecular complexity index is 317. The molecule has 0 N–H and O–H groups in total. The first-order valence-corrected chi connectivity index (χ1v) is 7.52. The van der Waals surface area contributed by atoms with Gasteiger partial charge in [-0.1, -0.05) is 27.2 Å². The van der Waals surface area contributed by atoms with Crippen molar-refractivity contribution in [3.8, 4) is 0 Å². The van der Waals surface area contributed by atoms with Gasteiger partial charge in [-0.2, -0.15) is 0 Å². The molecule has 1 aliphatic heterocycles. The van der Waals surface area contributed by atoms with Crippen LogP contribution in [0.3, 0.4) is 0 Å². The lowest BCUT2D eigenvalue weighted by atomic mass is 9.46. The molecule has 2 aliphatic carbocycles. The Hall–Kier alpha value is -0.0400. The average Bonchev–Trinajstić information content (AvgIpc) is 2.60. The molecule has 1 nitrogen and oxygen atoms in total. The van der Waals surface area contributed by atoms with Crippen LogP contribution in [0.2, 0.25) is 0 Å². The van der Waals surface area contributed by atoms with Crippen LogP contribution in [-0.2, 0) is 4.74 Å². The number of rotatable bonds is 0. The maximum atomic E-state index is 6.13. The van der Waals surface area contributed by atoms with Crippen molar-refractivity contribution in [2.24, 2.45) is 22.7 Å². The topological polar surface area (TPSA) is 9.23 Å². The third-order valence-electron chi connectivity index (χ3n) is 6.58. The molecule has 1 saturated heterocycles. The summed E-state index contributed by atoms with van der Waals surface area (Å²) < 4.78 is 6.13. The van der Waals surface area contributed by atoms with Crippen molar-refractivity contribution in [3.05, 3.63) is 0 Å². The first kappa shape index (κ1) is 12.0. The molecule has 98 valence electrons. The second kappa shape index (κ2) is 3.50. The third-order valence-corrected chi connectivity index (χ3v) is 6.58. The third kappa shape index (κ3) is 1.54. The van der Waals surface area contributed by atoms with Crippen molar-refractivity contribution in [2.45, 2.75) is 71.8 Å². The van der Waals surface area contributed by atoms with E-state index in [0.29, 0.717) is 10.8 Å². The standard InChI is InChI=1S/C16H28O/c1-14(2)8-5-9-15(3)12(14)6-10-16(4)13(15)7-11-17-16/h12-13H,5-11H2,1-4H3/t12-,13+,15+,16-/m1/s1. The average molecular weight is 236 g/mol. The van der Waals surface area contributed by atoms with E-state index >= 15 is 0 Å². The van der Waals surface area contributed by atoms with Gasteiger partial charge in [0.1, 0.15) is 0 Å². The molecule has 0 radical (unpaired) electrons. The Kier molecular flexibility index (Phi) is 2.47. The number of hydrogen-bond donors (Lipinski definition) is 0. The predicted molar refractivity (Wildman–Crippen MR) is 70.9 cm³/mol. The molecule has 3 rings (SSSR count). The number of hydrogen-bond acceptors (Lipinski definition) is 1. The van der Waals surface area contributed by atoms with Crippen molar-refractivity contribution in [3.63, 3.8) is 0 Å². The molecule has 17 heavy (non-hydrogen) atoms. The van der Waals surface area contributed by atoms with Crippen LogP contribution in [0.4, 0.5) is 0 Å². The molecule has 1 heteroatoms. The van der Waals surface area contributed by atoms with E-state index in [4.69, 9.17) is 4.74 Å².